The summed E-state index contributed by atoms with van der Waals surface area (Å²) in [4.78, 5) is 43.9. The maximum absolute atomic E-state index is 14.2. The number of hydrogen-bond donors (Lipinski definition) is 3. The summed E-state index contributed by atoms with van der Waals surface area (Å²) in [7, 11) is 0. The van der Waals surface area contributed by atoms with E-state index in [0.29, 0.717) is 6.42 Å². The molecule has 5 rings (SSSR count). The number of para-hydroxylation sites is 1. The molecule has 1 fully saturated rings. The lowest BCUT2D eigenvalue weighted by atomic mass is 9.88. The molecule has 0 radical (unpaired) electrons. The predicted octanol–water partition coefficient (Wildman–Crippen LogP) is 6.64. The first-order valence-corrected chi connectivity index (χ1v) is 15.9. The number of rotatable bonds is 12. The van der Waals surface area contributed by atoms with Crippen LogP contribution in [-0.4, -0.2) is 40.6 Å². The highest BCUT2D eigenvalue weighted by atomic mass is 16.6. The van der Waals surface area contributed by atoms with Gasteiger partial charge in [0.2, 0.25) is 5.91 Å². The van der Waals surface area contributed by atoms with Gasteiger partial charge in [0.1, 0.15) is 18.2 Å². The number of ether oxygens (including phenoxy) is 2. The monoisotopic (exact) mass is 609 g/mol. The van der Waals surface area contributed by atoms with E-state index in [2.05, 4.69) is 22.5 Å². The molecule has 45 heavy (non-hydrogen) atoms. The van der Waals surface area contributed by atoms with E-state index in [1.165, 1.54) is 0 Å². The molecule has 1 aromatic heterocycles. The lowest BCUT2D eigenvalue weighted by molar-refractivity contribution is -0.145. The van der Waals surface area contributed by atoms with Crippen molar-refractivity contribution in [3.05, 3.63) is 108 Å². The number of alkyl carbamates (subject to hydrolysis) is 1. The maximum Gasteiger partial charge on any atom is 0.408 e. The zero-order valence-corrected chi connectivity index (χ0v) is 26.1. The van der Waals surface area contributed by atoms with Crippen LogP contribution >= 0.6 is 0 Å². The number of fused-ring (bicyclic) bond motifs is 1. The fourth-order valence-electron chi connectivity index (χ4n) is 6.11. The molecule has 0 bridgehead atoms. The average Bonchev–Trinajstić information content (AvgIpc) is 3.44. The molecule has 8 nitrogen and oxygen atoms in total. The van der Waals surface area contributed by atoms with Gasteiger partial charge < -0.3 is 25.1 Å². The molecule has 4 atom stereocenters. The van der Waals surface area contributed by atoms with Crippen LogP contribution in [0.3, 0.4) is 0 Å². The normalized spacial score (nSPS) is 18.4. The number of hydrogen-bond acceptors (Lipinski definition) is 5. The molecule has 0 saturated heterocycles. The van der Waals surface area contributed by atoms with E-state index in [-0.39, 0.29) is 31.5 Å². The lowest BCUT2D eigenvalue weighted by Crippen LogP contribution is -2.60. The molecular weight excluding hydrogens is 566 g/mol. The average molecular weight is 610 g/mol. The van der Waals surface area contributed by atoms with Crippen molar-refractivity contribution in [2.24, 2.45) is 5.92 Å². The summed E-state index contributed by atoms with van der Waals surface area (Å²) in [5, 5.41) is 6.99. The topological polar surface area (TPSA) is 110 Å². The predicted molar refractivity (Wildman–Crippen MR) is 174 cm³/mol. The molecule has 3 aromatic carbocycles. The van der Waals surface area contributed by atoms with Gasteiger partial charge in [-0.1, -0.05) is 92.2 Å². The van der Waals surface area contributed by atoms with Gasteiger partial charge in [-0.2, -0.15) is 0 Å². The third-order valence-electron chi connectivity index (χ3n) is 8.71. The first-order chi connectivity index (χ1) is 21.8. The number of carbonyl (C=O) groups excluding carboxylic acids is 3. The van der Waals surface area contributed by atoms with Crippen molar-refractivity contribution in [1.82, 2.24) is 15.6 Å². The molecule has 3 N–H and O–H groups in total. The molecule has 0 spiro atoms. The fraction of sp³-hybridized carbons (Fsp3) is 0.378. The number of aromatic amines is 1. The minimum absolute atomic E-state index is 0.0271. The molecule has 1 heterocycles. The van der Waals surface area contributed by atoms with Crippen molar-refractivity contribution >= 4 is 28.9 Å². The third-order valence-corrected chi connectivity index (χ3v) is 8.71. The quantitative estimate of drug-likeness (QED) is 0.156. The van der Waals surface area contributed by atoms with Crippen LogP contribution in [0.2, 0.25) is 0 Å². The van der Waals surface area contributed by atoms with Crippen LogP contribution in [0.1, 0.15) is 62.6 Å². The van der Waals surface area contributed by atoms with E-state index in [1.807, 2.05) is 91.1 Å². The molecular formula is C37H43N3O5. The summed E-state index contributed by atoms with van der Waals surface area (Å²) in [6.45, 7) is 3.96. The molecule has 236 valence electrons. The summed E-state index contributed by atoms with van der Waals surface area (Å²) < 4.78 is 11.5. The third kappa shape index (κ3) is 8.75. The van der Waals surface area contributed by atoms with Gasteiger partial charge >= 0.3 is 12.1 Å². The Bertz CT molecular complexity index is 1570. The minimum atomic E-state index is -1.37. The van der Waals surface area contributed by atoms with Gasteiger partial charge in [0.15, 0.2) is 0 Å². The lowest BCUT2D eigenvalue weighted by Gasteiger charge is -2.33. The van der Waals surface area contributed by atoms with E-state index in [1.54, 1.807) is 6.92 Å². The number of amides is 2. The Morgan fingerprint density at radius 1 is 0.911 bits per heavy atom. The zero-order valence-electron chi connectivity index (χ0n) is 26.1. The molecule has 0 aliphatic heterocycles. The summed E-state index contributed by atoms with van der Waals surface area (Å²) in [6, 6.07) is 26.4. The highest BCUT2D eigenvalue weighted by Crippen LogP contribution is 2.27. The second-order valence-corrected chi connectivity index (χ2v) is 12.4. The van der Waals surface area contributed by atoms with Crippen LogP contribution in [0.4, 0.5) is 4.79 Å². The Kier molecular flexibility index (Phi) is 10.6. The highest BCUT2D eigenvalue weighted by molar-refractivity contribution is 5.92. The maximum atomic E-state index is 14.2. The summed E-state index contributed by atoms with van der Waals surface area (Å²) >= 11 is 0. The summed E-state index contributed by atoms with van der Waals surface area (Å²) in [5.41, 5.74) is 2.31. The standard InChI is InChI=1S/C37H43N3O5/c1-26-13-9-12-20-33(26)45-36(43)40-37(2,23-29-24-38-32-19-11-10-18-31(29)32)35(42)39-30(21-27-14-5-3-6-15-27)22-34(41)44-25-28-16-7-4-8-17-28/h3-8,10-11,14-19,24,26,30,33,38H,9,12-13,20-23,25H2,1-2H3,(H,39,42)(H,40,43)/t26?,30-,33?,37+/m1/s1. The Hall–Kier alpha value is -4.59. The molecule has 1 saturated carbocycles. The summed E-state index contributed by atoms with van der Waals surface area (Å²) in [5.74, 6) is -0.564. The second kappa shape index (κ2) is 14.9. The number of esters is 1. The van der Waals surface area contributed by atoms with Gasteiger partial charge in [-0.3, -0.25) is 9.59 Å². The van der Waals surface area contributed by atoms with Crippen LogP contribution in [-0.2, 0) is 38.5 Å². The Morgan fingerprint density at radius 3 is 2.31 bits per heavy atom. The van der Waals surface area contributed by atoms with E-state index in [0.717, 1.165) is 53.3 Å². The number of aromatic nitrogens is 1. The van der Waals surface area contributed by atoms with Gasteiger partial charge in [-0.05, 0) is 61.3 Å². The van der Waals surface area contributed by atoms with Gasteiger partial charge in [-0.15, -0.1) is 0 Å². The van der Waals surface area contributed by atoms with Crippen LogP contribution < -0.4 is 10.6 Å². The molecule has 8 heteroatoms. The first kappa shape index (κ1) is 31.8. The number of H-pyrrole nitrogens is 1. The Labute approximate surface area is 264 Å². The van der Waals surface area contributed by atoms with Crippen LogP contribution in [0.25, 0.3) is 10.9 Å². The van der Waals surface area contributed by atoms with Gasteiger partial charge in [0.25, 0.3) is 0 Å². The van der Waals surface area contributed by atoms with Gasteiger partial charge in [0.05, 0.1) is 6.42 Å². The molecule has 2 amide bonds. The molecule has 1 aliphatic carbocycles. The molecule has 2 unspecified atom stereocenters. The number of benzene rings is 3. The fourth-order valence-corrected chi connectivity index (χ4v) is 6.11. The Balaban J connectivity index is 1.35. The number of carbonyl (C=O) groups is 3. The van der Waals surface area contributed by atoms with E-state index in [9.17, 15) is 14.4 Å². The minimum Gasteiger partial charge on any atom is -0.461 e. The van der Waals surface area contributed by atoms with Crippen molar-refractivity contribution < 1.29 is 23.9 Å². The van der Waals surface area contributed by atoms with E-state index < -0.39 is 29.6 Å². The van der Waals surface area contributed by atoms with Crippen LogP contribution in [0.15, 0.2) is 91.1 Å². The van der Waals surface area contributed by atoms with E-state index >= 15 is 0 Å². The van der Waals surface area contributed by atoms with Crippen molar-refractivity contribution in [3.8, 4) is 0 Å². The van der Waals surface area contributed by atoms with Crippen molar-refractivity contribution in [2.75, 3.05) is 0 Å². The van der Waals surface area contributed by atoms with Gasteiger partial charge in [-0.25, -0.2) is 4.79 Å². The smallest absolute Gasteiger partial charge is 0.408 e. The van der Waals surface area contributed by atoms with Gasteiger partial charge in [0, 0.05) is 29.6 Å². The summed E-state index contributed by atoms with van der Waals surface area (Å²) in [6.07, 6.45) is 5.62. The van der Waals surface area contributed by atoms with E-state index in [4.69, 9.17) is 9.47 Å². The zero-order chi connectivity index (χ0) is 31.6. The SMILES string of the molecule is CC1CCCCC1OC(=O)N[C@@](C)(Cc1c[nH]c2ccccc12)C(=O)N[C@@H](CC(=O)OCc1ccccc1)Cc1ccccc1. The van der Waals surface area contributed by atoms with Crippen LogP contribution in [0, 0.1) is 5.92 Å². The molecule has 4 aromatic rings. The first-order valence-electron chi connectivity index (χ1n) is 15.9. The van der Waals surface area contributed by atoms with Crippen LogP contribution in [0.5, 0.6) is 0 Å². The number of nitrogens with one attached hydrogen (secondary N) is 3. The highest BCUT2D eigenvalue weighted by Gasteiger charge is 2.39. The second-order valence-electron chi connectivity index (χ2n) is 12.4. The largest absolute Gasteiger partial charge is 0.461 e. The van der Waals surface area contributed by atoms with Crippen molar-refractivity contribution in [3.63, 3.8) is 0 Å². The van der Waals surface area contributed by atoms with Crippen molar-refractivity contribution in [1.29, 1.82) is 0 Å². The Morgan fingerprint density at radius 2 is 1.58 bits per heavy atom. The van der Waals surface area contributed by atoms with Crippen molar-refractivity contribution in [2.45, 2.75) is 83.1 Å². The molecule has 1 aliphatic rings.